The number of furan rings is 1. The van der Waals surface area contributed by atoms with Crippen LogP contribution in [-0.2, 0) is 0 Å². The topological polar surface area (TPSA) is 71.1 Å². The molecular formula is C21H11NO3. The fourth-order valence-corrected chi connectivity index (χ4v) is 2.84. The zero-order valence-corrected chi connectivity index (χ0v) is 13.0. The highest BCUT2D eigenvalue weighted by Crippen LogP contribution is 2.29. The van der Waals surface area contributed by atoms with Gasteiger partial charge in [-0.2, -0.15) is 5.26 Å². The maximum Gasteiger partial charge on any atom is 0.197 e. The SMILES string of the molecule is N#Cc1ccc(-c2ccc(C=C3C(=O)c4ccccc4C3=O)o2)cc1. The summed E-state index contributed by atoms with van der Waals surface area (Å²) in [5, 5.41) is 8.84. The Bertz CT molecular complexity index is 1040. The number of benzene rings is 2. The molecule has 0 unspecified atom stereocenters. The Hall–Kier alpha value is -3.71. The number of carbonyl (C=O) groups is 2. The molecule has 0 bridgehead atoms. The summed E-state index contributed by atoms with van der Waals surface area (Å²) >= 11 is 0. The molecule has 1 aromatic heterocycles. The Morgan fingerprint density at radius 2 is 1.48 bits per heavy atom. The molecule has 0 radical (unpaired) electrons. The predicted molar refractivity (Wildman–Crippen MR) is 91.9 cm³/mol. The molecule has 0 N–H and O–H groups in total. The number of nitrogens with zero attached hydrogens (tertiary/aromatic N) is 1. The summed E-state index contributed by atoms with van der Waals surface area (Å²) in [5.41, 5.74) is 2.35. The average molecular weight is 325 g/mol. The molecule has 0 aliphatic heterocycles. The van der Waals surface area contributed by atoms with Gasteiger partial charge >= 0.3 is 0 Å². The summed E-state index contributed by atoms with van der Waals surface area (Å²) in [4.78, 5) is 24.8. The van der Waals surface area contributed by atoms with Crippen molar-refractivity contribution in [3.05, 3.63) is 88.7 Å². The molecule has 1 aliphatic rings. The van der Waals surface area contributed by atoms with E-state index in [9.17, 15) is 9.59 Å². The molecule has 1 aliphatic carbocycles. The fourth-order valence-electron chi connectivity index (χ4n) is 2.84. The first-order chi connectivity index (χ1) is 12.2. The van der Waals surface area contributed by atoms with Crippen LogP contribution in [0, 0.1) is 11.3 Å². The van der Waals surface area contributed by atoms with E-state index in [2.05, 4.69) is 6.07 Å². The third-order valence-electron chi connectivity index (χ3n) is 4.12. The summed E-state index contributed by atoms with van der Waals surface area (Å²) in [7, 11) is 0. The quantitative estimate of drug-likeness (QED) is 0.521. The van der Waals surface area contributed by atoms with Crippen molar-refractivity contribution in [3.8, 4) is 17.4 Å². The smallest absolute Gasteiger partial charge is 0.197 e. The Morgan fingerprint density at radius 3 is 2.08 bits per heavy atom. The number of fused-ring (bicyclic) bond motifs is 1. The van der Waals surface area contributed by atoms with E-state index < -0.39 is 0 Å². The standard InChI is InChI=1S/C21H11NO3/c22-12-13-5-7-14(8-6-13)19-10-9-15(25-19)11-18-20(23)16-3-1-2-4-17(16)21(18)24/h1-11H. The monoisotopic (exact) mass is 325 g/mol. The normalized spacial score (nSPS) is 12.8. The van der Waals surface area contributed by atoms with Crippen molar-refractivity contribution in [2.75, 3.05) is 0 Å². The van der Waals surface area contributed by atoms with E-state index in [-0.39, 0.29) is 17.1 Å². The number of Topliss-reactive ketones (excluding diaryl/α,β-unsaturated/α-hetero) is 2. The van der Waals surface area contributed by atoms with E-state index in [4.69, 9.17) is 9.68 Å². The fraction of sp³-hybridized carbons (Fsp3) is 0. The molecule has 118 valence electrons. The Labute approximate surface area is 143 Å². The molecule has 4 heteroatoms. The second kappa shape index (κ2) is 5.73. The van der Waals surface area contributed by atoms with Crippen LogP contribution in [0.1, 0.15) is 32.0 Å². The molecule has 3 aromatic rings. The third-order valence-corrected chi connectivity index (χ3v) is 4.12. The minimum absolute atomic E-state index is 0.113. The molecular weight excluding hydrogens is 314 g/mol. The number of hydrogen-bond acceptors (Lipinski definition) is 4. The number of allylic oxidation sites excluding steroid dienone is 1. The third kappa shape index (κ3) is 2.48. The lowest BCUT2D eigenvalue weighted by molar-refractivity contribution is 0.0990. The average Bonchev–Trinajstić information content (AvgIpc) is 3.22. The number of hydrogen-bond donors (Lipinski definition) is 0. The van der Waals surface area contributed by atoms with Crippen LogP contribution in [0.15, 0.2) is 70.7 Å². The summed E-state index contributed by atoms with van der Waals surface area (Å²) in [5.74, 6) is 0.476. The van der Waals surface area contributed by atoms with Gasteiger partial charge < -0.3 is 4.42 Å². The zero-order chi connectivity index (χ0) is 17.4. The molecule has 0 saturated heterocycles. The molecule has 4 rings (SSSR count). The highest BCUT2D eigenvalue weighted by molar-refractivity contribution is 6.41. The van der Waals surface area contributed by atoms with Gasteiger partial charge in [-0.1, -0.05) is 24.3 Å². The van der Waals surface area contributed by atoms with Crippen molar-refractivity contribution < 1.29 is 14.0 Å². The zero-order valence-electron chi connectivity index (χ0n) is 13.0. The van der Waals surface area contributed by atoms with Crippen molar-refractivity contribution in [1.29, 1.82) is 5.26 Å². The van der Waals surface area contributed by atoms with Gasteiger partial charge in [0.2, 0.25) is 0 Å². The Balaban J connectivity index is 1.67. The van der Waals surface area contributed by atoms with Gasteiger partial charge in [0.1, 0.15) is 11.5 Å². The van der Waals surface area contributed by atoms with E-state index >= 15 is 0 Å². The highest BCUT2D eigenvalue weighted by Gasteiger charge is 2.32. The summed E-state index contributed by atoms with van der Waals surface area (Å²) in [6, 6.07) is 19.3. The molecule has 4 nitrogen and oxygen atoms in total. The number of ketones is 2. The molecule has 2 aromatic carbocycles. The van der Waals surface area contributed by atoms with Crippen LogP contribution in [0.3, 0.4) is 0 Å². The van der Waals surface area contributed by atoms with E-state index in [0.717, 1.165) is 5.56 Å². The van der Waals surface area contributed by atoms with Gasteiger partial charge in [0.05, 0.1) is 17.2 Å². The maximum absolute atomic E-state index is 12.4. The van der Waals surface area contributed by atoms with Crippen molar-refractivity contribution in [2.24, 2.45) is 0 Å². The lowest BCUT2D eigenvalue weighted by atomic mass is 10.1. The molecule has 0 saturated carbocycles. The first-order valence-electron chi connectivity index (χ1n) is 7.68. The number of carbonyl (C=O) groups excluding carboxylic acids is 2. The van der Waals surface area contributed by atoms with Gasteiger partial charge in [-0.3, -0.25) is 9.59 Å². The minimum Gasteiger partial charge on any atom is -0.457 e. The molecule has 1 heterocycles. The van der Waals surface area contributed by atoms with Gasteiger partial charge in [-0.15, -0.1) is 0 Å². The molecule has 0 spiro atoms. The van der Waals surface area contributed by atoms with Crippen molar-refractivity contribution >= 4 is 17.6 Å². The summed E-state index contributed by atoms with van der Waals surface area (Å²) in [6.45, 7) is 0. The van der Waals surface area contributed by atoms with E-state index in [1.54, 1.807) is 60.7 Å². The second-order valence-electron chi connectivity index (χ2n) is 5.65. The van der Waals surface area contributed by atoms with Gasteiger partial charge in [-0.25, -0.2) is 0 Å². The van der Waals surface area contributed by atoms with Crippen LogP contribution in [0.25, 0.3) is 17.4 Å². The predicted octanol–water partition coefficient (Wildman–Crippen LogP) is 4.28. The number of nitriles is 1. The molecule has 0 fully saturated rings. The first-order valence-corrected chi connectivity index (χ1v) is 7.68. The highest BCUT2D eigenvalue weighted by atomic mass is 16.3. The van der Waals surface area contributed by atoms with Crippen molar-refractivity contribution in [3.63, 3.8) is 0 Å². The summed E-state index contributed by atoms with van der Waals surface area (Å²) < 4.78 is 5.74. The first kappa shape index (κ1) is 14.9. The Kier molecular flexibility index (Phi) is 3.41. The van der Waals surface area contributed by atoms with E-state index in [1.807, 2.05) is 0 Å². The van der Waals surface area contributed by atoms with E-state index in [1.165, 1.54) is 6.08 Å². The molecule has 0 atom stereocenters. The molecule has 0 amide bonds. The van der Waals surface area contributed by atoms with Gasteiger partial charge in [0, 0.05) is 16.7 Å². The van der Waals surface area contributed by atoms with Gasteiger partial charge in [0.15, 0.2) is 11.6 Å². The largest absolute Gasteiger partial charge is 0.457 e. The van der Waals surface area contributed by atoms with Crippen LogP contribution in [0.5, 0.6) is 0 Å². The van der Waals surface area contributed by atoms with Crippen molar-refractivity contribution in [2.45, 2.75) is 0 Å². The van der Waals surface area contributed by atoms with Gasteiger partial charge in [0.25, 0.3) is 0 Å². The van der Waals surface area contributed by atoms with Crippen LogP contribution in [0.2, 0.25) is 0 Å². The van der Waals surface area contributed by atoms with Crippen LogP contribution >= 0.6 is 0 Å². The van der Waals surface area contributed by atoms with E-state index in [0.29, 0.717) is 28.2 Å². The lowest BCUT2D eigenvalue weighted by Gasteiger charge is -1.97. The van der Waals surface area contributed by atoms with Crippen LogP contribution < -0.4 is 0 Å². The van der Waals surface area contributed by atoms with Crippen LogP contribution in [-0.4, -0.2) is 11.6 Å². The number of rotatable bonds is 2. The van der Waals surface area contributed by atoms with Gasteiger partial charge in [-0.05, 0) is 42.5 Å². The second-order valence-corrected chi connectivity index (χ2v) is 5.65. The maximum atomic E-state index is 12.4. The van der Waals surface area contributed by atoms with Crippen LogP contribution in [0.4, 0.5) is 0 Å². The Morgan fingerprint density at radius 1 is 0.840 bits per heavy atom. The lowest BCUT2D eigenvalue weighted by Crippen LogP contribution is -1.99. The summed E-state index contributed by atoms with van der Waals surface area (Å²) in [6.07, 6.45) is 1.48. The van der Waals surface area contributed by atoms with Crippen molar-refractivity contribution in [1.82, 2.24) is 0 Å². The minimum atomic E-state index is -0.281. The molecule has 25 heavy (non-hydrogen) atoms.